The van der Waals surface area contributed by atoms with E-state index in [2.05, 4.69) is 18.8 Å². The van der Waals surface area contributed by atoms with Crippen molar-refractivity contribution >= 4 is 5.97 Å². The third-order valence-corrected chi connectivity index (χ3v) is 2.85. The molecule has 0 aliphatic rings. The standard InChI is InChI=1S/C14H21NO3/c1-5-6-12-7-11(14(16)17)8-13(15-12)18-10(4)9(2)3/h7-10H,5-6H2,1-4H3,(H,16,17). The summed E-state index contributed by atoms with van der Waals surface area (Å²) in [6, 6.07) is 3.10. The Morgan fingerprint density at radius 1 is 1.39 bits per heavy atom. The predicted octanol–water partition coefficient (Wildman–Crippen LogP) is 3.16. The van der Waals surface area contributed by atoms with Gasteiger partial charge in [0, 0.05) is 11.8 Å². The zero-order valence-corrected chi connectivity index (χ0v) is 11.4. The van der Waals surface area contributed by atoms with Gasteiger partial charge in [0.2, 0.25) is 5.88 Å². The molecule has 0 fully saturated rings. The van der Waals surface area contributed by atoms with E-state index in [1.54, 1.807) is 6.07 Å². The molecule has 1 atom stereocenters. The fraction of sp³-hybridized carbons (Fsp3) is 0.571. The zero-order chi connectivity index (χ0) is 13.7. The molecule has 0 radical (unpaired) electrons. The molecule has 18 heavy (non-hydrogen) atoms. The van der Waals surface area contributed by atoms with Crippen molar-refractivity contribution in [2.24, 2.45) is 5.92 Å². The maximum Gasteiger partial charge on any atom is 0.335 e. The molecule has 4 nitrogen and oxygen atoms in total. The second-order valence-corrected chi connectivity index (χ2v) is 4.81. The number of aromatic carboxylic acids is 1. The van der Waals surface area contributed by atoms with Crippen LogP contribution in [0.4, 0.5) is 0 Å². The van der Waals surface area contributed by atoms with E-state index in [-0.39, 0.29) is 11.7 Å². The quantitative estimate of drug-likeness (QED) is 0.843. The van der Waals surface area contributed by atoms with Gasteiger partial charge < -0.3 is 9.84 Å². The molecule has 100 valence electrons. The van der Waals surface area contributed by atoms with Gasteiger partial charge in [0.15, 0.2) is 0 Å². The van der Waals surface area contributed by atoms with E-state index in [4.69, 9.17) is 9.84 Å². The smallest absolute Gasteiger partial charge is 0.335 e. The number of hydrogen-bond donors (Lipinski definition) is 1. The molecule has 0 spiro atoms. The van der Waals surface area contributed by atoms with Crippen LogP contribution >= 0.6 is 0 Å². The van der Waals surface area contributed by atoms with Gasteiger partial charge >= 0.3 is 5.97 Å². The third kappa shape index (κ3) is 4.02. The van der Waals surface area contributed by atoms with Gasteiger partial charge in [-0.1, -0.05) is 27.2 Å². The van der Waals surface area contributed by atoms with Gasteiger partial charge in [-0.2, -0.15) is 0 Å². The minimum Gasteiger partial charge on any atom is -0.478 e. The number of aromatic nitrogens is 1. The molecule has 1 heterocycles. The second-order valence-electron chi connectivity index (χ2n) is 4.81. The summed E-state index contributed by atoms with van der Waals surface area (Å²) in [5.74, 6) is -0.189. The second kappa shape index (κ2) is 6.38. The third-order valence-electron chi connectivity index (χ3n) is 2.85. The molecular weight excluding hydrogens is 230 g/mol. The number of ether oxygens (including phenoxy) is 1. The summed E-state index contributed by atoms with van der Waals surface area (Å²) in [6.45, 7) is 8.10. The minimum absolute atomic E-state index is 0.0102. The van der Waals surface area contributed by atoms with Crippen LogP contribution in [0.3, 0.4) is 0 Å². The van der Waals surface area contributed by atoms with Crippen molar-refractivity contribution in [3.63, 3.8) is 0 Å². The van der Waals surface area contributed by atoms with Crippen molar-refractivity contribution in [1.29, 1.82) is 0 Å². The fourth-order valence-corrected chi connectivity index (χ4v) is 1.45. The molecule has 0 saturated heterocycles. The number of carbonyl (C=O) groups is 1. The largest absolute Gasteiger partial charge is 0.478 e. The summed E-state index contributed by atoms with van der Waals surface area (Å²) < 4.78 is 5.68. The summed E-state index contributed by atoms with van der Waals surface area (Å²) in [4.78, 5) is 15.4. The lowest BCUT2D eigenvalue weighted by Crippen LogP contribution is -2.19. The van der Waals surface area contributed by atoms with Crippen LogP contribution in [-0.4, -0.2) is 22.2 Å². The topological polar surface area (TPSA) is 59.4 Å². The van der Waals surface area contributed by atoms with Crippen LogP contribution in [0.5, 0.6) is 5.88 Å². The molecular formula is C14H21NO3. The molecule has 0 aromatic carbocycles. The van der Waals surface area contributed by atoms with Crippen LogP contribution in [-0.2, 0) is 6.42 Å². The Hall–Kier alpha value is -1.58. The maximum atomic E-state index is 11.0. The zero-order valence-electron chi connectivity index (χ0n) is 11.4. The molecule has 4 heteroatoms. The van der Waals surface area contributed by atoms with Crippen molar-refractivity contribution in [3.05, 3.63) is 23.4 Å². The molecule has 0 aliphatic carbocycles. The molecule has 1 N–H and O–H groups in total. The van der Waals surface area contributed by atoms with Crippen molar-refractivity contribution in [1.82, 2.24) is 4.98 Å². The lowest BCUT2D eigenvalue weighted by molar-refractivity contribution is 0.0695. The summed E-state index contributed by atoms with van der Waals surface area (Å²) in [7, 11) is 0. The molecule has 1 aromatic heterocycles. The van der Waals surface area contributed by atoms with Gasteiger partial charge in [-0.3, -0.25) is 0 Å². The predicted molar refractivity (Wildman–Crippen MR) is 70.1 cm³/mol. The number of carboxylic acid groups (broad SMARTS) is 1. The van der Waals surface area contributed by atoms with Crippen molar-refractivity contribution in [3.8, 4) is 5.88 Å². The van der Waals surface area contributed by atoms with E-state index in [0.717, 1.165) is 18.5 Å². The van der Waals surface area contributed by atoms with E-state index in [1.165, 1.54) is 6.07 Å². The average molecular weight is 251 g/mol. The van der Waals surface area contributed by atoms with Crippen molar-refractivity contribution < 1.29 is 14.6 Å². The molecule has 1 aromatic rings. The highest BCUT2D eigenvalue weighted by atomic mass is 16.5. The number of pyridine rings is 1. The number of nitrogens with zero attached hydrogens (tertiary/aromatic N) is 1. The number of aryl methyl sites for hydroxylation is 1. The highest BCUT2D eigenvalue weighted by Crippen LogP contribution is 2.17. The van der Waals surface area contributed by atoms with Crippen LogP contribution in [0, 0.1) is 5.92 Å². The Bertz CT molecular complexity index is 416. The van der Waals surface area contributed by atoms with Gasteiger partial charge in [-0.05, 0) is 25.3 Å². The first-order chi connectivity index (χ1) is 8.43. The van der Waals surface area contributed by atoms with E-state index >= 15 is 0 Å². The van der Waals surface area contributed by atoms with Gasteiger partial charge in [0.1, 0.15) is 0 Å². The normalized spacial score (nSPS) is 12.5. The van der Waals surface area contributed by atoms with Crippen LogP contribution in [0.1, 0.15) is 50.2 Å². The van der Waals surface area contributed by atoms with E-state index in [9.17, 15) is 4.79 Å². The first-order valence-electron chi connectivity index (χ1n) is 6.35. The summed E-state index contributed by atoms with van der Waals surface area (Å²) >= 11 is 0. The molecule has 0 saturated carbocycles. The number of rotatable bonds is 6. The Balaban J connectivity index is 2.99. The molecule has 1 unspecified atom stereocenters. The molecule has 0 aliphatic heterocycles. The Morgan fingerprint density at radius 3 is 2.56 bits per heavy atom. The maximum absolute atomic E-state index is 11.0. The fourth-order valence-electron chi connectivity index (χ4n) is 1.45. The monoisotopic (exact) mass is 251 g/mol. The highest BCUT2D eigenvalue weighted by molar-refractivity contribution is 5.88. The molecule has 0 bridgehead atoms. The first kappa shape index (κ1) is 14.5. The van der Waals surface area contributed by atoms with E-state index < -0.39 is 5.97 Å². The minimum atomic E-state index is -0.947. The van der Waals surface area contributed by atoms with Crippen molar-refractivity contribution in [2.45, 2.75) is 46.6 Å². The summed E-state index contributed by atoms with van der Waals surface area (Å²) in [5.41, 5.74) is 1.00. The summed E-state index contributed by atoms with van der Waals surface area (Å²) in [5, 5.41) is 9.06. The summed E-state index contributed by atoms with van der Waals surface area (Å²) in [6.07, 6.45) is 1.69. The Kier molecular flexibility index (Phi) is 5.13. The Morgan fingerprint density at radius 2 is 2.06 bits per heavy atom. The lowest BCUT2D eigenvalue weighted by atomic mass is 10.1. The number of carboxylic acids is 1. The highest BCUT2D eigenvalue weighted by Gasteiger charge is 2.13. The van der Waals surface area contributed by atoms with E-state index in [1.807, 2.05) is 13.8 Å². The van der Waals surface area contributed by atoms with Crippen LogP contribution in [0.2, 0.25) is 0 Å². The van der Waals surface area contributed by atoms with Crippen LogP contribution in [0.15, 0.2) is 12.1 Å². The first-order valence-corrected chi connectivity index (χ1v) is 6.35. The van der Waals surface area contributed by atoms with Crippen molar-refractivity contribution in [2.75, 3.05) is 0 Å². The molecule has 1 rings (SSSR count). The van der Waals surface area contributed by atoms with Gasteiger partial charge in [-0.15, -0.1) is 0 Å². The van der Waals surface area contributed by atoms with Gasteiger partial charge in [0.25, 0.3) is 0 Å². The van der Waals surface area contributed by atoms with E-state index in [0.29, 0.717) is 11.8 Å². The van der Waals surface area contributed by atoms with Crippen LogP contribution in [0.25, 0.3) is 0 Å². The number of hydrogen-bond acceptors (Lipinski definition) is 3. The SMILES string of the molecule is CCCc1cc(C(=O)O)cc(OC(C)C(C)C)n1. The average Bonchev–Trinajstić information content (AvgIpc) is 2.28. The van der Waals surface area contributed by atoms with Gasteiger partial charge in [0.05, 0.1) is 11.7 Å². The van der Waals surface area contributed by atoms with Crippen LogP contribution < -0.4 is 4.74 Å². The Labute approximate surface area is 108 Å². The molecule has 0 amide bonds. The lowest BCUT2D eigenvalue weighted by Gasteiger charge is -2.18. The van der Waals surface area contributed by atoms with Gasteiger partial charge in [-0.25, -0.2) is 9.78 Å².